The number of carbonyl (C=O) groups is 2. The first-order valence-electron chi connectivity index (χ1n) is 8.88. The molecule has 1 N–H and O–H groups in total. The van der Waals surface area contributed by atoms with Crippen LogP contribution in [-0.4, -0.2) is 18.0 Å². The molecule has 1 amide bonds. The summed E-state index contributed by atoms with van der Waals surface area (Å²) in [5, 5.41) is 2.80. The highest BCUT2D eigenvalue weighted by molar-refractivity contribution is 5.95. The first-order chi connectivity index (χ1) is 12.5. The Kier molecular flexibility index (Phi) is 5.66. The summed E-state index contributed by atoms with van der Waals surface area (Å²) in [5.74, 6) is -1.11. The Morgan fingerprint density at radius 3 is 2.62 bits per heavy atom. The second-order valence-corrected chi connectivity index (χ2v) is 6.58. The van der Waals surface area contributed by atoms with E-state index in [1.54, 1.807) is 19.1 Å². The minimum absolute atomic E-state index is 0.141. The lowest BCUT2D eigenvalue weighted by Gasteiger charge is -2.14. The van der Waals surface area contributed by atoms with E-state index >= 15 is 0 Å². The zero-order chi connectivity index (χ0) is 18.5. The normalized spacial score (nSPS) is 13.8. The second kappa shape index (κ2) is 8.13. The van der Waals surface area contributed by atoms with Crippen molar-refractivity contribution in [1.29, 1.82) is 0 Å². The van der Waals surface area contributed by atoms with Gasteiger partial charge < -0.3 is 10.1 Å². The summed E-state index contributed by atoms with van der Waals surface area (Å²) >= 11 is 0. The van der Waals surface area contributed by atoms with Crippen molar-refractivity contribution in [3.05, 3.63) is 65.0 Å². The molecule has 0 spiro atoms. The predicted octanol–water partition coefficient (Wildman–Crippen LogP) is 3.82. The van der Waals surface area contributed by atoms with Gasteiger partial charge in [-0.3, -0.25) is 9.59 Å². The Bertz CT molecular complexity index is 801. The molecule has 0 saturated heterocycles. The van der Waals surface area contributed by atoms with Gasteiger partial charge in [-0.2, -0.15) is 0 Å². The quantitative estimate of drug-likeness (QED) is 0.802. The summed E-state index contributed by atoms with van der Waals surface area (Å²) in [4.78, 5) is 24.2. The number of carbonyl (C=O) groups excluding carboxylic acids is 2. The Hall–Kier alpha value is -2.69. The van der Waals surface area contributed by atoms with Crippen LogP contribution in [0.5, 0.6) is 0 Å². The Morgan fingerprint density at radius 2 is 1.85 bits per heavy atom. The van der Waals surface area contributed by atoms with Gasteiger partial charge in [0.2, 0.25) is 0 Å². The molecule has 3 rings (SSSR count). The van der Waals surface area contributed by atoms with Crippen LogP contribution in [0.25, 0.3) is 0 Å². The summed E-state index contributed by atoms with van der Waals surface area (Å²) in [6.45, 7) is 1.55. The van der Waals surface area contributed by atoms with E-state index in [0.717, 1.165) is 30.5 Å². The highest BCUT2D eigenvalue weighted by Crippen LogP contribution is 2.25. The van der Waals surface area contributed by atoms with Gasteiger partial charge in [-0.15, -0.1) is 0 Å². The lowest BCUT2D eigenvalue weighted by Crippen LogP contribution is -2.30. The lowest BCUT2D eigenvalue weighted by atomic mass is 10.1. The van der Waals surface area contributed by atoms with Crippen molar-refractivity contribution < 1.29 is 18.7 Å². The third-order valence-corrected chi connectivity index (χ3v) is 4.57. The summed E-state index contributed by atoms with van der Waals surface area (Å²) in [6.07, 6.45) is 2.98. The first kappa shape index (κ1) is 18.1. The molecule has 2 aromatic rings. The van der Waals surface area contributed by atoms with Crippen LogP contribution >= 0.6 is 0 Å². The van der Waals surface area contributed by atoms with Crippen LogP contribution in [0.2, 0.25) is 0 Å². The molecule has 1 atom stereocenters. The Morgan fingerprint density at radius 1 is 1.12 bits per heavy atom. The molecule has 1 aliphatic carbocycles. The fraction of sp³-hybridized carbons (Fsp3) is 0.333. The third-order valence-electron chi connectivity index (χ3n) is 4.57. The van der Waals surface area contributed by atoms with E-state index in [2.05, 4.69) is 5.32 Å². The maximum atomic E-state index is 12.9. The number of nitrogens with one attached hydrogen (secondary N) is 1. The molecule has 136 valence electrons. The average molecular weight is 355 g/mol. The molecule has 0 aliphatic heterocycles. The highest BCUT2D eigenvalue weighted by atomic mass is 19.1. The molecule has 0 bridgehead atoms. The SMILES string of the molecule is C[C@H](OC(=O)CCc1ccc(F)cc1)C(=O)Nc1ccc2c(c1)CCC2. The number of halogens is 1. The van der Waals surface area contributed by atoms with Crippen LogP contribution in [0.4, 0.5) is 10.1 Å². The molecule has 0 heterocycles. The molecule has 26 heavy (non-hydrogen) atoms. The van der Waals surface area contributed by atoms with Gasteiger partial charge in [0, 0.05) is 12.1 Å². The number of rotatable bonds is 6. The summed E-state index contributed by atoms with van der Waals surface area (Å²) in [5.41, 5.74) is 4.18. The minimum atomic E-state index is -0.871. The Labute approximate surface area is 152 Å². The number of esters is 1. The highest BCUT2D eigenvalue weighted by Gasteiger charge is 2.19. The standard InChI is InChI=1S/C21H22FNO3/c1-14(26-20(24)12-7-15-5-9-18(22)10-6-15)21(25)23-19-11-8-16-3-2-4-17(16)13-19/h5-6,8-11,13-14H,2-4,7,12H2,1H3,(H,23,25)/t14-/m0/s1. The zero-order valence-corrected chi connectivity index (χ0v) is 14.8. The molecule has 0 saturated carbocycles. The maximum Gasteiger partial charge on any atom is 0.306 e. The van der Waals surface area contributed by atoms with Crippen molar-refractivity contribution in [2.45, 2.75) is 45.1 Å². The third kappa shape index (κ3) is 4.69. The first-order valence-corrected chi connectivity index (χ1v) is 8.88. The average Bonchev–Trinajstić information content (AvgIpc) is 3.09. The molecule has 4 nitrogen and oxygen atoms in total. The van der Waals surface area contributed by atoms with Gasteiger partial charge in [-0.25, -0.2) is 4.39 Å². The van der Waals surface area contributed by atoms with Gasteiger partial charge in [-0.1, -0.05) is 18.2 Å². The minimum Gasteiger partial charge on any atom is -0.453 e. The largest absolute Gasteiger partial charge is 0.453 e. The van der Waals surface area contributed by atoms with Crippen molar-refractivity contribution in [2.24, 2.45) is 0 Å². The molecule has 0 radical (unpaired) electrons. The number of fused-ring (bicyclic) bond motifs is 1. The predicted molar refractivity (Wildman–Crippen MR) is 97.4 cm³/mol. The number of ether oxygens (including phenoxy) is 1. The fourth-order valence-electron chi connectivity index (χ4n) is 3.10. The van der Waals surface area contributed by atoms with Gasteiger partial charge in [-0.05, 0) is 73.6 Å². The van der Waals surface area contributed by atoms with Crippen LogP contribution in [0.1, 0.15) is 36.5 Å². The summed E-state index contributed by atoms with van der Waals surface area (Å²) < 4.78 is 18.1. The van der Waals surface area contributed by atoms with E-state index in [-0.39, 0.29) is 18.1 Å². The number of hydrogen-bond acceptors (Lipinski definition) is 3. The van der Waals surface area contributed by atoms with Crippen molar-refractivity contribution in [2.75, 3.05) is 5.32 Å². The number of benzene rings is 2. The molecule has 2 aromatic carbocycles. The van der Waals surface area contributed by atoms with E-state index in [1.165, 1.54) is 23.3 Å². The molecule has 5 heteroatoms. The fourth-order valence-corrected chi connectivity index (χ4v) is 3.10. The van der Waals surface area contributed by atoms with Crippen LogP contribution < -0.4 is 5.32 Å². The molecule has 0 unspecified atom stereocenters. The number of anilines is 1. The van der Waals surface area contributed by atoms with Crippen LogP contribution in [-0.2, 0) is 33.6 Å². The second-order valence-electron chi connectivity index (χ2n) is 6.58. The van der Waals surface area contributed by atoms with Crippen LogP contribution in [0, 0.1) is 5.82 Å². The van der Waals surface area contributed by atoms with Gasteiger partial charge in [0.15, 0.2) is 6.10 Å². The number of hydrogen-bond donors (Lipinski definition) is 1. The van der Waals surface area contributed by atoms with E-state index in [4.69, 9.17) is 4.74 Å². The number of amides is 1. The molecular formula is C21H22FNO3. The van der Waals surface area contributed by atoms with E-state index < -0.39 is 12.1 Å². The van der Waals surface area contributed by atoms with Gasteiger partial charge in [0.05, 0.1) is 0 Å². The lowest BCUT2D eigenvalue weighted by molar-refractivity contribution is -0.153. The number of aryl methyl sites for hydroxylation is 3. The smallest absolute Gasteiger partial charge is 0.306 e. The molecular weight excluding hydrogens is 333 g/mol. The van der Waals surface area contributed by atoms with E-state index in [0.29, 0.717) is 6.42 Å². The van der Waals surface area contributed by atoms with Crippen LogP contribution in [0.3, 0.4) is 0 Å². The topological polar surface area (TPSA) is 55.4 Å². The Balaban J connectivity index is 1.47. The van der Waals surface area contributed by atoms with E-state index in [1.807, 2.05) is 18.2 Å². The van der Waals surface area contributed by atoms with Gasteiger partial charge >= 0.3 is 5.97 Å². The molecule has 0 fully saturated rings. The summed E-state index contributed by atoms with van der Waals surface area (Å²) in [7, 11) is 0. The molecule has 1 aliphatic rings. The van der Waals surface area contributed by atoms with Crippen molar-refractivity contribution in [3.63, 3.8) is 0 Å². The van der Waals surface area contributed by atoms with Crippen molar-refractivity contribution in [1.82, 2.24) is 0 Å². The van der Waals surface area contributed by atoms with Gasteiger partial charge in [0.1, 0.15) is 5.82 Å². The maximum absolute atomic E-state index is 12.9. The zero-order valence-electron chi connectivity index (χ0n) is 14.8. The monoisotopic (exact) mass is 355 g/mol. The summed E-state index contributed by atoms with van der Waals surface area (Å²) in [6, 6.07) is 11.9. The van der Waals surface area contributed by atoms with Crippen molar-refractivity contribution in [3.8, 4) is 0 Å². The van der Waals surface area contributed by atoms with Gasteiger partial charge in [0.25, 0.3) is 5.91 Å². The molecule has 0 aromatic heterocycles. The van der Waals surface area contributed by atoms with E-state index in [9.17, 15) is 14.0 Å². The van der Waals surface area contributed by atoms with Crippen molar-refractivity contribution >= 4 is 17.6 Å². The van der Waals surface area contributed by atoms with Crippen LogP contribution in [0.15, 0.2) is 42.5 Å².